The minimum atomic E-state index is -3.62. The van der Waals surface area contributed by atoms with Crippen LogP contribution in [0.25, 0.3) is 0 Å². The van der Waals surface area contributed by atoms with Crippen molar-refractivity contribution >= 4 is 27.4 Å². The van der Waals surface area contributed by atoms with Gasteiger partial charge in [-0.1, -0.05) is 6.07 Å². The van der Waals surface area contributed by atoms with Gasteiger partial charge in [0, 0.05) is 11.1 Å². The molecule has 0 saturated carbocycles. The Morgan fingerprint density at radius 3 is 2.75 bits per heavy atom. The quantitative estimate of drug-likeness (QED) is 0.905. The molecule has 2 heterocycles. The molecule has 0 atom stereocenters. The van der Waals surface area contributed by atoms with Gasteiger partial charge in [-0.2, -0.15) is 12.8 Å². The molecule has 0 aliphatic heterocycles. The first-order valence-corrected chi connectivity index (χ1v) is 6.77. The van der Waals surface area contributed by atoms with Crippen molar-refractivity contribution in [2.24, 2.45) is 0 Å². The average Bonchev–Trinajstić information content (AvgIpc) is 2.70. The molecule has 0 aliphatic rings. The maximum absolute atomic E-state index is 11.8. The van der Waals surface area contributed by atoms with Gasteiger partial charge < -0.3 is 0 Å². The van der Waals surface area contributed by atoms with Crippen molar-refractivity contribution in [1.82, 2.24) is 9.36 Å². The second kappa shape index (κ2) is 4.18. The summed E-state index contributed by atoms with van der Waals surface area (Å²) in [4.78, 5) is 3.95. The van der Waals surface area contributed by atoms with Crippen molar-refractivity contribution in [2.45, 2.75) is 11.9 Å². The molecule has 1 N–H and O–H groups in total. The van der Waals surface area contributed by atoms with E-state index < -0.39 is 10.0 Å². The summed E-state index contributed by atoms with van der Waals surface area (Å²) < 4.78 is 29.9. The van der Waals surface area contributed by atoms with E-state index in [1.54, 1.807) is 30.5 Å². The molecule has 0 spiro atoms. The normalized spacial score (nSPS) is 11.3. The third kappa shape index (κ3) is 2.37. The predicted octanol–water partition coefficient (Wildman–Crippen LogP) is 1.65. The van der Waals surface area contributed by atoms with Gasteiger partial charge in [-0.25, -0.2) is 4.98 Å². The summed E-state index contributed by atoms with van der Waals surface area (Å²) in [5.41, 5.74) is 0.654. The van der Waals surface area contributed by atoms with Crippen LogP contribution in [0, 0.1) is 6.92 Å². The van der Waals surface area contributed by atoms with Crippen LogP contribution in [0.2, 0.25) is 0 Å². The van der Waals surface area contributed by atoms with E-state index in [1.165, 1.54) is 17.6 Å². The lowest BCUT2D eigenvalue weighted by Gasteiger charge is -2.04. The molecule has 0 unspecified atom stereocenters. The first-order chi connectivity index (χ1) is 7.58. The van der Waals surface area contributed by atoms with Crippen LogP contribution in [0.5, 0.6) is 0 Å². The Balaban J connectivity index is 2.33. The van der Waals surface area contributed by atoms with Crippen molar-refractivity contribution in [2.75, 3.05) is 4.72 Å². The monoisotopic (exact) mass is 255 g/mol. The van der Waals surface area contributed by atoms with Gasteiger partial charge >= 0.3 is 0 Å². The summed E-state index contributed by atoms with van der Waals surface area (Å²) in [5.74, 6) is 0.313. The molecule has 2 aromatic rings. The zero-order valence-electron chi connectivity index (χ0n) is 8.41. The molecule has 0 amide bonds. The SMILES string of the molecule is Cc1cccc(S(=O)(=O)Nc2ccsn2)n1. The third-order valence-electron chi connectivity index (χ3n) is 1.81. The Morgan fingerprint density at radius 2 is 2.12 bits per heavy atom. The first kappa shape index (κ1) is 11.0. The molecule has 16 heavy (non-hydrogen) atoms. The summed E-state index contributed by atoms with van der Waals surface area (Å²) in [6, 6.07) is 6.43. The highest BCUT2D eigenvalue weighted by atomic mass is 32.2. The van der Waals surface area contributed by atoms with E-state index in [2.05, 4.69) is 14.1 Å². The number of nitrogens with zero attached hydrogens (tertiary/aromatic N) is 2. The number of hydrogen-bond donors (Lipinski definition) is 1. The topological polar surface area (TPSA) is 72.0 Å². The van der Waals surface area contributed by atoms with Gasteiger partial charge in [0.25, 0.3) is 10.0 Å². The van der Waals surface area contributed by atoms with Crippen LogP contribution in [0.1, 0.15) is 5.69 Å². The molecule has 7 heteroatoms. The summed E-state index contributed by atoms with van der Waals surface area (Å²) in [6.45, 7) is 1.74. The van der Waals surface area contributed by atoms with Gasteiger partial charge in [-0.05, 0) is 36.7 Å². The zero-order valence-corrected chi connectivity index (χ0v) is 10.0. The van der Waals surface area contributed by atoms with Crippen molar-refractivity contribution < 1.29 is 8.42 Å². The number of nitrogens with one attached hydrogen (secondary N) is 1. The molecule has 0 aromatic carbocycles. The van der Waals surface area contributed by atoms with E-state index in [0.29, 0.717) is 11.5 Å². The van der Waals surface area contributed by atoms with Crippen LogP contribution in [0.15, 0.2) is 34.7 Å². The van der Waals surface area contributed by atoms with Gasteiger partial charge in [0.2, 0.25) is 0 Å². The minimum absolute atomic E-state index is 0.000463. The Labute approximate surface area is 97.4 Å². The summed E-state index contributed by atoms with van der Waals surface area (Å²) in [7, 11) is -3.62. The van der Waals surface area contributed by atoms with Crippen molar-refractivity contribution in [1.29, 1.82) is 0 Å². The maximum Gasteiger partial charge on any atom is 0.280 e. The fourth-order valence-electron chi connectivity index (χ4n) is 1.12. The van der Waals surface area contributed by atoms with Gasteiger partial charge in [0.1, 0.15) is 0 Å². The largest absolute Gasteiger partial charge is 0.280 e. The highest BCUT2D eigenvalue weighted by Gasteiger charge is 2.16. The smallest absolute Gasteiger partial charge is 0.261 e. The van der Waals surface area contributed by atoms with E-state index in [0.717, 1.165) is 0 Å². The highest BCUT2D eigenvalue weighted by molar-refractivity contribution is 7.92. The summed E-state index contributed by atoms with van der Waals surface area (Å²) >= 11 is 1.18. The molecular formula is C9H9N3O2S2. The molecule has 0 aliphatic carbocycles. The van der Waals surface area contributed by atoms with Crippen LogP contribution in [0.3, 0.4) is 0 Å². The van der Waals surface area contributed by atoms with Crippen LogP contribution >= 0.6 is 11.5 Å². The third-order valence-corrected chi connectivity index (χ3v) is 3.63. The second-order valence-corrected chi connectivity index (χ2v) is 5.40. The van der Waals surface area contributed by atoms with E-state index in [9.17, 15) is 8.42 Å². The molecule has 0 fully saturated rings. The number of anilines is 1. The van der Waals surface area contributed by atoms with Crippen LogP contribution in [0.4, 0.5) is 5.82 Å². The van der Waals surface area contributed by atoms with Gasteiger partial charge in [-0.15, -0.1) is 0 Å². The minimum Gasteiger partial charge on any atom is -0.261 e. The highest BCUT2D eigenvalue weighted by Crippen LogP contribution is 2.13. The van der Waals surface area contributed by atoms with Crippen molar-refractivity contribution in [3.63, 3.8) is 0 Å². The second-order valence-electron chi connectivity index (χ2n) is 3.11. The predicted molar refractivity (Wildman–Crippen MR) is 61.9 cm³/mol. The number of rotatable bonds is 3. The van der Waals surface area contributed by atoms with Gasteiger partial charge in [0.05, 0.1) is 0 Å². The van der Waals surface area contributed by atoms with Crippen LogP contribution in [-0.2, 0) is 10.0 Å². The van der Waals surface area contributed by atoms with E-state index >= 15 is 0 Å². The molecular weight excluding hydrogens is 246 g/mol. The fourth-order valence-corrected chi connectivity index (χ4v) is 2.67. The molecule has 0 bridgehead atoms. The van der Waals surface area contributed by atoms with E-state index in [4.69, 9.17) is 0 Å². The van der Waals surface area contributed by atoms with E-state index in [-0.39, 0.29) is 5.03 Å². The summed E-state index contributed by atoms with van der Waals surface area (Å²) in [6.07, 6.45) is 0. The maximum atomic E-state index is 11.8. The lowest BCUT2D eigenvalue weighted by Crippen LogP contribution is -2.14. The van der Waals surface area contributed by atoms with Crippen LogP contribution in [-0.4, -0.2) is 17.8 Å². The lowest BCUT2D eigenvalue weighted by molar-refractivity contribution is 0.597. The summed E-state index contributed by atoms with van der Waals surface area (Å²) in [5, 5.41) is 1.70. The van der Waals surface area contributed by atoms with E-state index in [1.807, 2.05) is 0 Å². The van der Waals surface area contributed by atoms with Crippen molar-refractivity contribution in [3.05, 3.63) is 35.3 Å². The molecule has 0 saturated heterocycles. The Bertz CT molecular complexity index is 579. The number of pyridine rings is 1. The molecule has 0 radical (unpaired) electrons. The van der Waals surface area contributed by atoms with Crippen molar-refractivity contribution in [3.8, 4) is 0 Å². The average molecular weight is 255 g/mol. The zero-order chi connectivity index (χ0) is 11.6. The van der Waals surface area contributed by atoms with Gasteiger partial charge in [-0.3, -0.25) is 4.72 Å². The number of hydrogen-bond acceptors (Lipinski definition) is 5. The Kier molecular flexibility index (Phi) is 2.88. The fraction of sp³-hybridized carbons (Fsp3) is 0.111. The number of sulfonamides is 1. The first-order valence-electron chi connectivity index (χ1n) is 4.45. The lowest BCUT2D eigenvalue weighted by atomic mass is 10.4. The molecule has 2 rings (SSSR count). The van der Waals surface area contributed by atoms with Gasteiger partial charge in [0.15, 0.2) is 10.8 Å². The molecule has 84 valence electrons. The number of aryl methyl sites for hydroxylation is 1. The molecule has 2 aromatic heterocycles. The molecule has 5 nitrogen and oxygen atoms in total. The number of aromatic nitrogens is 2. The van der Waals surface area contributed by atoms with Crippen LogP contribution < -0.4 is 4.72 Å². The Hall–Kier alpha value is -1.47. The standard InChI is InChI=1S/C9H9N3O2S2/c1-7-3-2-4-9(10-7)16(13,14)12-8-5-6-15-11-8/h2-6H,1H3,(H,11,12). The Morgan fingerprint density at radius 1 is 1.31 bits per heavy atom.